The fourth-order valence-electron chi connectivity index (χ4n) is 2.48. The van der Waals surface area contributed by atoms with Crippen molar-refractivity contribution in [3.05, 3.63) is 30.1 Å². The number of carbonyl (C=O) groups excluding carboxylic acids is 2. The predicted octanol–water partition coefficient (Wildman–Crippen LogP) is 1.27. The Kier molecular flexibility index (Phi) is 5.20. The quantitative estimate of drug-likeness (QED) is 0.747. The summed E-state index contributed by atoms with van der Waals surface area (Å²) >= 11 is 0. The monoisotopic (exact) mass is 317 g/mol. The zero-order valence-electron chi connectivity index (χ0n) is 13.7. The molecule has 0 fully saturated rings. The van der Waals surface area contributed by atoms with Crippen LogP contribution in [-0.4, -0.2) is 27.5 Å². The van der Waals surface area contributed by atoms with Gasteiger partial charge in [0.1, 0.15) is 11.9 Å². The van der Waals surface area contributed by atoms with Gasteiger partial charge in [-0.15, -0.1) is 0 Å². The molecule has 0 aliphatic rings. The highest BCUT2D eigenvalue weighted by Crippen LogP contribution is 2.14. The maximum Gasteiger partial charge on any atom is 0.312 e. The number of aromatic nitrogens is 2. The molecule has 3 amide bonds. The van der Waals surface area contributed by atoms with Gasteiger partial charge >= 0.3 is 6.03 Å². The Labute approximate surface area is 135 Å². The smallest absolute Gasteiger partial charge is 0.312 e. The van der Waals surface area contributed by atoms with Crippen LogP contribution in [0.2, 0.25) is 0 Å². The molecular formula is C16H23N5O2. The van der Waals surface area contributed by atoms with Crippen LogP contribution in [0.15, 0.2) is 24.3 Å². The number of urea groups is 1. The van der Waals surface area contributed by atoms with Crippen LogP contribution in [0.3, 0.4) is 0 Å². The van der Waals surface area contributed by atoms with Gasteiger partial charge in [-0.25, -0.2) is 9.78 Å². The number of aryl methyl sites for hydroxylation is 1. The van der Waals surface area contributed by atoms with Crippen LogP contribution in [0.4, 0.5) is 4.79 Å². The minimum absolute atomic E-state index is 0.0112. The van der Waals surface area contributed by atoms with Gasteiger partial charge in [-0.1, -0.05) is 32.4 Å². The summed E-state index contributed by atoms with van der Waals surface area (Å²) in [6.45, 7) is 4.14. The van der Waals surface area contributed by atoms with E-state index in [2.05, 4.69) is 15.6 Å². The maximum atomic E-state index is 12.4. The van der Waals surface area contributed by atoms with Crippen molar-refractivity contribution in [2.75, 3.05) is 0 Å². The summed E-state index contributed by atoms with van der Waals surface area (Å²) in [5, 5.41) is 5.34. The topological polar surface area (TPSA) is 102 Å². The van der Waals surface area contributed by atoms with Crippen molar-refractivity contribution in [2.45, 2.75) is 32.9 Å². The van der Waals surface area contributed by atoms with Crippen LogP contribution in [0.25, 0.3) is 11.0 Å². The first-order valence-electron chi connectivity index (χ1n) is 7.68. The normalized spacial score (nSPS) is 13.5. The van der Waals surface area contributed by atoms with E-state index in [-0.39, 0.29) is 18.4 Å². The highest BCUT2D eigenvalue weighted by molar-refractivity contribution is 5.86. The molecule has 0 saturated carbocycles. The standard InChI is InChI=1S/C16H23N5O2/c1-4-10(2)14(20-16(17)23)15(22)18-9-13-19-11-7-5-6-8-12(11)21(13)3/h5-8,10,14H,4,9H2,1-3H3,(H,18,22)(H3,17,20,23). The molecule has 23 heavy (non-hydrogen) atoms. The highest BCUT2D eigenvalue weighted by atomic mass is 16.2. The predicted molar refractivity (Wildman–Crippen MR) is 88.5 cm³/mol. The number of hydrogen-bond acceptors (Lipinski definition) is 3. The molecule has 124 valence electrons. The summed E-state index contributed by atoms with van der Waals surface area (Å²) in [7, 11) is 1.91. The number of nitrogens with zero attached hydrogens (tertiary/aromatic N) is 2. The zero-order valence-corrected chi connectivity index (χ0v) is 13.7. The van der Waals surface area contributed by atoms with Crippen LogP contribution in [0.1, 0.15) is 26.1 Å². The van der Waals surface area contributed by atoms with Gasteiger partial charge in [0, 0.05) is 7.05 Å². The third-order valence-electron chi connectivity index (χ3n) is 4.09. The molecule has 0 bridgehead atoms. The minimum Gasteiger partial charge on any atom is -0.352 e. The Morgan fingerprint density at radius 1 is 1.35 bits per heavy atom. The third-order valence-corrected chi connectivity index (χ3v) is 4.09. The lowest BCUT2D eigenvalue weighted by molar-refractivity contribution is -0.124. The Balaban J connectivity index is 2.09. The van der Waals surface area contributed by atoms with E-state index < -0.39 is 12.1 Å². The average Bonchev–Trinajstić information content (AvgIpc) is 2.86. The lowest BCUT2D eigenvalue weighted by Gasteiger charge is -2.22. The van der Waals surface area contributed by atoms with Crippen molar-refractivity contribution in [1.29, 1.82) is 0 Å². The fraction of sp³-hybridized carbons (Fsp3) is 0.438. The summed E-state index contributed by atoms with van der Waals surface area (Å²) in [6.07, 6.45) is 0.755. The first-order chi connectivity index (χ1) is 10.9. The molecule has 2 rings (SSSR count). The van der Waals surface area contributed by atoms with E-state index in [0.29, 0.717) is 0 Å². The highest BCUT2D eigenvalue weighted by Gasteiger charge is 2.25. The maximum absolute atomic E-state index is 12.4. The van der Waals surface area contributed by atoms with E-state index in [1.165, 1.54) is 0 Å². The second-order valence-electron chi connectivity index (χ2n) is 5.67. The van der Waals surface area contributed by atoms with Crippen molar-refractivity contribution < 1.29 is 9.59 Å². The molecule has 0 aliphatic heterocycles. The number of rotatable bonds is 6. The summed E-state index contributed by atoms with van der Waals surface area (Å²) in [4.78, 5) is 28.0. The summed E-state index contributed by atoms with van der Waals surface area (Å²) in [5.41, 5.74) is 7.05. The third kappa shape index (κ3) is 3.80. The van der Waals surface area contributed by atoms with Crippen LogP contribution < -0.4 is 16.4 Å². The fourth-order valence-corrected chi connectivity index (χ4v) is 2.48. The molecular weight excluding hydrogens is 294 g/mol. The van der Waals surface area contributed by atoms with Gasteiger partial charge in [0.2, 0.25) is 5.91 Å². The molecule has 7 nitrogen and oxygen atoms in total. The molecule has 4 N–H and O–H groups in total. The number of fused-ring (bicyclic) bond motifs is 1. The molecule has 1 aromatic carbocycles. The van der Waals surface area contributed by atoms with Crippen molar-refractivity contribution in [1.82, 2.24) is 20.2 Å². The number of para-hydroxylation sites is 2. The minimum atomic E-state index is -0.701. The van der Waals surface area contributed by atoms with Crippen LogP contribution >= 0.6 is 0 Å². The first-order valence-corrected chi connectivity index (χ1v) is 7.68. The number of carbonyl (C=O) groups is 2. The Morgan fingerprint density at radius 2 is 2.04 bits per heavy atom. The van der Waals surface area contributed by atoms with Crippen molar-refractivity contribution >= 4 is 23.0 Å². The molecule has 0 aliphatic carbocycles. The van der Waals surface area contributed by atoms with Gasteiger partial charge in [0.25, 0.3) is 0 Å². The largest absolute Gasteiger partial charge is 0.352 e. The molecule has 1 heterocycles. The number of hydrogen-bond donors (Lipinski definition) is 3. The SMILES string of the molecule is CCC(C)C(NC(N)=O)C(=O)NCc1nc2ccccc2n1C. The Hall–Kier alpha value is -2.57. The lowest BCUT2D eigenvalue weighted by atomic mass is 9.98. The number of nitrogens with one attached hydrogen (secondary N) is 2. The molecule has 2 aromatic rings. The van der Waals surface area contributed by atoms with Gasteiger partial charge in [0.05, 0.1) is 17.6 Å². The van der Waals surface area contributed by atoms with E-state index in [1.807, 2.05) is 49.7 Å². The first kappa shape index (κ1) is 16.8. The molecule has 0 saturated heterocycles. The Morgan fingerprint density at radius 3 is 2.65 bits per heavy atom. The van der Waals surface area contributed by atoms with Crippen molar-refractivity contribution in [2.24, 2.45) is 18.7 Å². The number of nitrogens with two attached hydrogens (primary N) is 1. The zero-order chi connectivity index (χ0) is 17.0. The molecule has 7 heteroatoms. The van der Waals surface area contributed by atoms with Crippen molar-refractivity contribution in [3.63, 3.8) is 0 Å². The van der Waals surface area contributed by atoms with Crippen LogP contribution in [0, 0.1) is 5.92 Å². The summed E-state index contributed by atoms with van der Waals surface area (Å²) < 4.78 is 1.94. The van der Waals surface area contributed by atoms with Crippen LogP contribution in [-0.2, 0) is 18.4 Å². The average molecular weight is 317 g/mol. The molecule has 0 radical (unpaired) electrons. The van der Waals surface area contributed by atoms with Gasteiger partial charge in [-0.2, -0.15) is 0 Å². The van der Waals surface area contributed by atoms with E-state index in [9.17, 15) is 9.59 Å². The molecule has 2 atom stereocenters. The Bertz CT molecular complexity index is 710. The summed E-state index contributed by atoms with van der Waals surface area (Å²) in [5.74, 6) is 0.481. The number of amides is 3. The van der Waals surface area contributed by atoms with Gasteiger partial charge in [0.15, 0.2) is 0 Å². The second-order valence-corrected chi connectivity index (χ2v) is 5.67. The van der Waals surface area contributed by atoms with E-state index in [0.717, 1.165) is 23.3 Å². The molecule has 0 spiro atoms. The van der Waals surface area contributed by atoms with E-state index in [1.54, 1.807) is 0 Å². The summed E-state index contributed by atoms with van der Waals surface area (Å²) in [6, 6.07) is 6.43. The lowest BCUT2D eigenvalue weighted by Crippen LogP contribution is -2.51. The van der Waals surface area contributed by atoms with Crippen LogP contribution in [0.5, 0.6) is 0 Å². The second kappa shape index (κ2) is 7.13. The van der Waals surface area contributed by atoms with Crippen molar-refractivity contribution in [3.8, 4) is 0 Å². The van der Waals surface area contributed by atoms with E-state index >= 15 is 0 Å². The number of imidazole rings is 1. The van der Waals surface area contributed by atoms with Gasteiger partial charge < -0.3 is 20.9 Å². The molecule has 1 aromatic heterocycles. The molecule has 2 unspecified atom stereocenters. The number of benzene rings is 1. The van der Waals surface area contributed by atoms with E-state index in [4.69, 9.17) is 5.73 Å². The number of primary amides is 1. The van der Waals surface area contributed by atoms with Gasteiger partial charge in [-0.3, -0.25) is 4.79 Å². The van der Waals surface area contributed by atoms with Gasteiger partial charge in [-0.05, 0) is 18.1 Å².